The van der Waals surface area contributed by atoms with Gasteiger partial charge in [-0.05, 0) is 36.8 Å². The number of carbonyl (C=O) groups excluding carboxylic acids is 1. The van der Waals surface area contributed by atoms with Crippen LogP contribution in [0, 0.1) is 34.9 Å². The third-order valence-electron chi connectivity index (χ3n) is 4.34. The summed E-state index contributed by atoms with van der Waals surface area (Å²) in [6, 6.07) is 6.21. The number of hydrogen-bond acceptors (Lipinski definition) is 2. The zero-order chi connectivity index (χ0) is 13.4. The van der Waals surface area contributed by atoms with E-state index in [1.807, 2.05) is 6.07 Å². The number of halogens is 1. The highest BCUT2D eigenvalue weighted by Crippen LogP contribution is 2.57. The first-order valence-electron chi connectivity index (χ1n) is 6.67. The van der Waals surface area contributed by atoms with Gasteiger partial charge in [0.2, 0.25) is 5.91 Å². The summed E-state index contributed by atoms with van der Waals surface area (Å²) in [5.41, 5.74) is 0.725. The van der Waals surface area contributed by atoms with E-state index in [4.69, 9.17) is 5.26 Å². The number of carbonyl (C=O) groups is 1. The molecule has 2 saturated carbocycles. The van der Waals surface area contributed by atoms with Crippen molar-refractivity contribution in [3.8, 4) is 6.07 Å². The largest absolute Gasteiger partial charge is 0.352 e. The van der Waals surface area contributed by atoms with E-state index >= 15 is 0 Å². The van der Waals surface area contributed by atoms with E-state index in [1.165, 1.54) is 12.5 Å². The monoisotopic (exact) mass is 258 g/mol. The third kappa shape index (κ3) is 2.21. The highest BCUT2D eigenvalue weighted by Gasteiger charge is 2.56. The topological polar surface area (TPSA) is 52.9 Å². The lowest BCUT2D eigenvalue weighted by molar-refractivity contribution is -0.123. The fourth-order valence-electron chi connectivity index (χ4n) is 3.27. The van der Waals surface area contributed by atoms with Gasteiger partial charge in [0.25, 0.3) is 0 Å². The summed E-state index contributed by atoms with van der Waals surface area (Å²) < 4.78 is 13.6. The minimum absolute atomic E-state index is 0.0541. The molecule has 3 nitrogen and oxygen atoms in total. The van der Waals surface area contributed by atoms with Crippen LogP contribution in [0.1, 0.15) is 30.4 Å². The third-order valence-corrected chi connectivity index (χ3v) is 4.34. The molecule has 0 aromatic heterocycles. The standard InChI is InChI=1S/C15H15FN2O/c16-13-6-9(7-17)4-5-10(13)8-18-15(19)14-11-2-1-3-12(11)14/h4-6,11-12,14H,1-3,8H2,(H,18,19). The second kappa shape index (κ2) is 4.65. The Kier molecular flexibility index (Phi) is 2.98. The van der Waals surface area contributed by atoms with Crippen LogP contribution in [-0.2, 0) is 11.3 Å². The van der Waals surface area contributed by atoms with Crippen LogP contribution in [-0.4, -0.2) is 5.91 Å². The molecule has 0 saturated heterocycles. The van der Waals surface area contributed by atoms with Crippen molar-refractivity contribution in [1.82, 2.24) is 5.32 Å². The predicted molar refractivity (Wildman–Crippen MR) is 67.3 cm³/mol. The maximum absolute atomic E-state index is 13.6. The van der Waals surface area contributed by atoms with Crippen LogP contribution in [0.15, 0.2) is 18.2 Å². The SMILES string of the molecule is N#Cc1ccc(CNC(=O)C2C3CCCC32)c(F)c1. The van der Waals surface area contributed by atoms with Gasteiger partial charge in [0.05, 0.1) is 11.6 Å². The lowest BCUT2D eigenvalue weighted by Gasteiger charge is -2.07. The molecule has 2 atom stereocenters. The van der Waals surface area contributed by atoms with Gasteiger partial charge in [0.1, 0.15) is 5.82 Å². The van der Waals surface area contributed by atoms with E-state index in [1.54, 1.807) is 12.1 Å². The summed E-state index contributed by atoms with van der Waals surface area (Å²) in [6.07, 6.45) is 3.56. The van der Waals surface area contributed by atoms with Crippen LogP contribution < -0.4 is 5.32 Å². The highest BCUT2D eigenvalue weighted by atomic mass is 19.1. The quantitative estimate of drug-likeness (QED) is 0.904. The second-order valence-corrected chi connectivity index (χ2v) is 5.42. The van der Waals surface area contributed by atoms with Gasteiger partial charge >= 0.3 is 0 Å². The molecule has 2 aliphatic carbocycles. The first-order chi connectivity index (χ1) is 9.20. The van der Waals surface area contributed by atoms with E-state index in [-0.39, 0.29) is 18.4 Å². The number of rotatable bonds is 3. The molecule has 0 aliphatic heterocycles. The molecule has 19 heavy (non-hydrogen) atoms. The van der Waals surface area contributed by atoms with E-state index in [0.29, 0.717) is 23.0 Å². The van der Waals surface area contributed by atoms with Crippen molar-refractivity contribution in [3.05, 3.63) is 35.1 Å². The van der Waals surface area contributed by atoms with E-state index in [2.05, 4.69) is 5.32 Å². The Morgan fingerprint density at radius 1 is 1.42 bits per heavy atom. The normalized spacial score (nSPS) is 27.5. The summed E-state index contributed by atoms with van der Waals surface area (Å²) in [5, 5.41) is 11.5. The molecule has 1 aromatic carbocycles. The molecule has 1 amide bonds. The Labute approximate surface area is 111 Å². The summed E-state index contributed by atoms with van der Waals surface area (Å²) in [7, 11) is 0. The van der Waals surface area contributed by atoms with Gasteiger partial charge < -0.3 is 5.32 Å². The number of hydrogen-bond donors (Lipinski definition) is 1. The molecule has 0 heterocycles. The zero-order valence-electron chi connectivity index (χ0n) is 10.5. The maximum Gasteiger partial charge on any atom is 0.223 e. The zero-order valence-corrected chi connectivity index (χ0v) is 10.5. The molecule has 0 spiro atoms. The minimum Gasteiger partial charge on any atom is -0.352 e. The molecule has 3 rings (SSSR count). The van der Waals surface area contributed by atoms with Crippen LogP contribution >= 0.6 is 0 Å². The average Bonchev–Trinajstić information content (AvgIpc) is 2.90. The van der Waals surface area contributed by atoms with Gasteiger partial charge in [0, 0.05) is 18.0 Å². The molecule has 2 fully saturated rings. The minimum atomic E-state index is -0.435. The molecule has 98 valence electrons. The molecule has 1 N–H and O–H groups in total. The van der Waals surface area contributed by atoms with Gasteiger partial charge in [-0.3, -0.25) is 4.79 Å². The molecular formula is C15H15FN2O. The number of nitrogens with zero attached hydrogens (tertiary/aromatic N) is 1. The van der Waals surface area contributed by atoms with Crippen LogP contribution in [0.5, 0.6) is 0 Å². The number of benzene rings is 1. The fraction of sp³-hybridized carbons (Fsp3) is 0.467. The van der Waals surface area contributed by atoms with Gasteiger partial charge in [-0.15, -0.1) is 0 Å². The Balaban J connectivity index is 1.58. The number of fused-ring (bicyclic) bond motifs is 1. The molecular weight excluding hydrogens is 243 g/mol. The number of nitriles is 1. The van der Waals surface area contributed by atoms with Crippen molar-refractivity contribution in [2.24, 2.45) is 17.8 Å². The highest BCUT2D eigenvalue weighted by molar-refractivity contribution is 5.82. The van der Waals surface area contributed by atoms with Crippen molar-refractivity contribution >= 4 is 5.91 Å². The van der Waals surface area contributed by atoms with Crippen LogP contribution in [0.25, 0.3) is 0 Å². The summed E-state index contributed by atoms with van der Waals surface area (Å²) >= 11 is 0. The fourth-order valence-corrected chi connectivity index (χ4v) is 3.27. The first-order valence-corrected chi connectivity index (χ1v) is 6.67. The second-order valence-electron chi connectivity index (χ2n) is 5.42. The predicted octanol–water partition coefficient (Wildman–Crippen LogP) is 2.36. The Morgan fingerprint density at radius 3 is 2.79 bits per heavy atom. The summed E-state index contributed by atoms with van der Waals surface area (Å²) in [5.74, 6) is 0.931. The lowest BCUT2D eigenvalue weighted by Crippen LogP contribution is -2.26. The van der Waals surface area contributed by atoms with Gasteiger partial charge in [-0.2, -0.15) is 5.26 Å². The molecule has 2 unspecified atom stereocenters. The smallest absolute Gasteiger partial charge is 0.223 e. The summed E-state index contributed by atoms with van der Waals surface area (Å²) in [6.45, 7) is 0.201. The van der Waals surface area contributed by atoms with E-state index in [0.717, 1.165) is 12.8 Å². The Morgan fingerprint density at radius 2 is 2.16 bits per heavy atom. The van der Waals surface area contributed by atoms with Crippen LogP contribution in [0.4, 0.5) is 4.39 Å². The van der Waals surface area contributed by atoms with Gasteiger partial charge in [-0.25, -0.2) is 4.39 Å². The van der Waals surface area contributed by atoms with Crippen molar-refractivity contribution in [1.29, 1.82) is 5.26 Å². The average molecular weight is 258 g/mol. The number of nitrogens with one attached hydrogen (secondary N) is 1. The van der Waals surface area contributed by atoms with Crippen molar-refractivity contribution < 1.29 is 9.18 Å². The maximum atomic E-state index is 13.6. The molecule has 1 aromatic rings. The van der Waals surface area contributed by atoms with Crippen LogP contribution in [0.2, 0.25) is 0 Å². The van der Waals surface area contributed by atoms with Gasteiger partial charge in [-0.1, -0.05) is 12.5 Å². The van der Waals surface area contributed by atoms with Gasteiger partial charge in [0.15, 0.2) is 0 Å². The van der Waals surface area contributed by atoms with Crippen molar-refractivity contribution in [3.63, 3.8) is 0 Å². The first kappa shape index (κ1) is 12.2. The van der Waals surface area contributed by atoms with E-state index in [9.17, 15) is 9.18 Å². The molecule has 4 heteroatoms. The van der Waals surface area contributed by atoms with E-state index < -0.39 is 5.82 Å². The van der Waals surface area contributed by atoms with Crippen molar-refractivity contribution in [2.75, 3.05) is 0 Å². The number of amides is 1. The molecule has 0 radical (unpaired) electrons. The molecule has 2 aliphatic rings. The van der Waals surface area contributed by atoms with Crippen LogP contribution in [0.3, 0.4) is 0 Å². The Bertz CT molecular complexity index is 554. The Hall–Kier alpha value is -1.89. The molecule has 0 bridgehead atoms. The van der Waals surface area contributed by atoms with Crippen molar-refractivity contribution in [2.45, 2.75) is 25.8 Å². The lowest BCUT2D eigenvalue weighted by atomic mass is 10.1. The summed E-state index contributed by atoms with van der Waals surface area (Å²) in [4.78, 5) is 11.9.